The minimum absolute atomic E-state index is 0.0152. The van der Waals surface area contributed by atoms with E-state index < -0.39 is 54.3 Å². The van der Waals surface area contributed by atoms with Crippen molar-refractivity contribution in [2.75, 3.05) is 19.4 Å². The van der Waals surface area contributed by atoms with Crippen LogP contribution in [0.2, 0.25) is 0 Å². The van der Waals surface area contributed by atoms with Crippen LogP contribution in [0.5, 0.6) is 11.5 Å². The maximum atomic E-state index is 13.3. The molecule has 0 saturated heterocycles. The van der Waals surface area contributed by atoms with Crippen molar-refractivity contribution in [3.63, 3.8) is 0 Å². The van der Waals surface area contributed by atoms with Crippen molar-refractivity contribution in [1.82, 2.24) is 5.32 Å². The number of ether oxygens (including phenoxy) is 2. The Morgan fingerprint density at radius 1 is 1.08 bits per heavy atom. The van der Waals surface area contributed by atoms with Crippen molar-refractivity contribution < 1.29 is 48.8 Å². The monoisotopic (exact) mass is 514 g/mol. The van der Waals surface area contributed by atoms with Crippen molar-refractivity contribution in [2.45, 2.75) is 38.0 Å². The Morgan fingerprint density at radius 2 is 1.81 bits per heavy atom. The molecule has 3 rings (SSSR count). The zero-order valence-corrected chi connectivity index (χ0v) is 19.9. The number of rotatable bonds is 8. The summed E-state index contributed by atoms with van der Waals surface area (Å²) in [5.41, 5.74) is 6.75. The number of nitrogens with one attached hydrogen (secondary N) is 1. The zero-order chi connectivity index (χ0) is 27.3. The van der Waals surface area contributed by atoms with Crippen molar-refractivity contribution in [3.8, 4) is 11.5 Å². The standard InChI is InChI=1S/C25H26N2O10/c1-27-23(32)20-13(4-7-18(28)29)10-16(17(24(33)34)11-19(30)31)21-22(20)36-8-2-3-12-9-14(26)5-6-15(12)25(35)37-21/h5-6,9-10,17H,2-4,7-8,11,26H2,1H3,(H,27,32)(H,28,29)(H,30,31)(H,33,34)/t17-/m0/s1. The number of carboxylic acid groups (broad SMARTS) is 3. The number of carbonyl (C=O) groups is 5. The fourth-order valence-corrected chi connectivity index (χ4v) is 4.14. The van der Waals surface area contributed by atoms with Crippen LogP contribution in [0.3, 0.4) is 0 Å². The van der Waals surface area contributed by atoms with Gasteiger partial charge in [-0.1, -0.05) is 6.07 Å². The van der Waals surface area contributed by atoms with Crippen LogP contribution in [0.4, 0.5) is 5.69 Å². The highest BCUT2D eigenvalue weighted by Crippen LogP contribution is 2.43. The summed E-state index contributed by atoms with van der Waals surface area (Å²) in [5.74, 6) is -8.08. The molecular weight excluding hydrogens is 488 g/mol. The average molecular weight is 514 g/mol. The summed E-state index contributed by atoms with van der Waals surface area (Å²) in [6, 6.07) is 5.76. The highest BCUT2D eigenvalue weighted by molar-refractivity contribution is 6.01. The van der Waals surface area contributed by atoms with E-state index in [9.17, 15) is 39.3 Å². The molecule has 0 radical (unpaired) electrons. The molecule has 12 heteroatoms. The molecule has 0 bridgehead atoms. The Balaban J connectivity index is 2.33. The second-order valence-electron chi connectivity index (χ2n) is 8.38. The van der Waals surface area contributed by atoms with Gasteiger partial charge in [-0.2, -0.15) is 0 Å². The van der Waals surface area contributed by atoms with Crippen molar-refractivity contribution in [3.05, 3.63) is 52.1 Å². The molecule has 0 aromatic heterocycles. The van der Waals surface area contributed by atoms with E-state index in [1.165, 1.54) is 25.2 Å². The van der Waals surface area contributed by atoms with Gasteiger partial charge in [-0.05, 0) is 48.6 Å². The van der Waals surface area contributed by atoms with Gasteiger partial charge < -0.3 is 35.8 Å². The van der Waals surface area contributed by atoms with E-state index in [-0.39, 0.29) is 41.0 Å². The van der Waals surface area contributed by atoms with E-state index >= 15 is 0 Å². The molecule has 0 unspecified atom stereocenters. The highest BCUT2D eigenvalue weighted by Gasteiger charge is 2.34. The van der Waals surface area contributed by atoms with Gasteiger partial charge in [0.2, 0.25) is 0 Å². The van der Waals surface area contributed by atoms with Gasteiger partial charge in [-0.3, -0.25) is 19.2 Å². The van der Waals surface area contributed by atoms with E-state index in [4.69, 9.17) is 15.2 Å². The number of carboxylic acids is 3. The lowest BCUT2D eigenvalue weighted by atomic mass is 9.88. The number of amides is 1. The second-order valence-corrected chi connectivity index (χ2v) is 8.38. The molecule has 1 aliphatic rings. The molecule has 0 saturated carbocycles. The predicted molar refractivity (Wildman–Crippen MR) is 128 cm³/mol. The summed E-state index contributed by atoms with van der Waals surface area (Å²) < 4.78 is 11.5. The molecule has 1 aliphatic heterocycles. The SMILES string of the molecule is CNC(=O)c1c(CCC(=O)O)cc([C@H](CC(=O)O)C(=O)O)c2c1OCCCc1cc(N)ccc1C(=O)O2. The minimum atomic E-state index is -1.70. The third-order valence-corrected chi connectivity index (χ3v) is 5.84. The number of carbonyl (C=O) groups excluding carboxylic acids is 2. The van der Waals surface area contributed by atoms with Crippen molar-refractivity contribution in [2.24, 2.45) is 0 Å². The van der Waals surface area contributed by atoms with Crippen LogP contribution >= 0.6 is 0 Å². The molecule has 0 spiro atoms. The largest absolute Gasteiger partial charge is 0.489 e. The summed E-state index contributed by atoms with van der Waals surface area (Å²) >= 11 is 0. The summed E-state index contributed by atoms with van der Waals surface area (Å²) in [7, 11) is 1.33. The highest BCUT2D eigenvalue weighted by atomic mass is 16.6. The first-order valence-corrected chi connectivity index (χ1v) is 11.3. The molecule has 1 amide bonds. The lowest BCUT2D eigenvalue weighted by Crippen LogP contribution is -2.25. The van der Waals surface area contributed by atoms with E-state index in [1.807, 2.05) is 0 Å². The normalized spacial score (nSPS) is 13.7. The number of hydrogen-bond donors (Lipinski definition) is 5. The molecule has 0 aliphatic carbocycles. The number of anilines is 1. The number of esters is 1. The molecule has 6 N–H and O–H groups in total. The number of fused-ring (bicyclic) bond motifs is 2. The first-order valence-electron chi connectivity index (χ1n) is 11.3. The zero-order valence-electron chi connectivity index (χ0n) is 19.9. The van der Waals surface area contributed by atoms with Gasteiger partial charge >= 0.3 is 23.9 Å². The second kappa shape index (κ2) is 11.4. The van der Waals surface area contributed by atoms with Gasteiger partial charge in [0.25, 0.3) is 5.91 Å². The molecule has 12 nitrogen and oxygen atoms in total. The Morgan fingerprint density at radius 3 is 2.43 bits per heavy atom. The van der Waals surface area contributed by atoms with Gasteiger partial charge in [-0.15, -0.1) is 0 Å². The van der Waals surface area contributed by atoms with Crippen LogP contribution in [0.1, 0.15) is 62.6 Å². The maximum absolute atomic E-state index is 13.3. The van der Waals surface area contributed by atoms with Gasteiger partial charge in [0.1, 0.15) is 0 Å². The number of aliphatic carboxylic acids is 3. The molecule has 2 aromatic carbocycles. The Hall–Kier alpha value is -4.61. The van der Waals surface area contributed by atoms with Gasteiger partial charge in [-0.25, -0.2) is 4.79 Å². The van der Waals surface area contributed by atoms with E-state index in [0.29, 0.717) is 24.1 Å². The molecule has 2 aromatic rings. The van der Waals surface area contributed by atoms with Gasteiger partial charge in [0, 0.05) is 24.7 Å². The van der Waals surface area contributed by atoms with E-state index in [0.717, 1.165) is 0 Å². The number of nitrogen functional groups attached to an aromatic ring is 1. The van der Waals surface area contributed by atoms with Crippen LogP contribution in [-0.2, 0) is 27.2 Å². The van der Waals surface area contributed by atoms with Gasteiger partial charge in [0.15, 0.2) is 11.5 Å². The summed E-state index contributed by atoms with van der Waals surface area (Å²) in [6.45, 7) is 0.0152. The quantitative estimate of drug-likeness (QED) is 0.195. The fraction of sp³-hybridized carbons (Fsp3) is 0.320. The molecular formula is C25H26N2O10. The number of hydrogen-bond acceptors (Lipinski definition) is 8. The Kier molecular flexibility index (Phi) is 8.33. The first-order chi connectivity index (χ1) is 17.5. The third kappa shape index (κ3) is 6.15. The lowest BCUT2D eigenvalue weighted by Gasteiger charge is -2.24. The number of aryl methyl sites for hydroxylation is 2. The predicted octanol–water partition coefficient (Wildman–Crippen LogP) is 1.83. The van der Waals surface area contributed by atoms with Gasteiger partial charge in [0.05, 0.1) is 30.1 Å². The van der Waals surface area contributed by atoms with E-state index in [2.05, 4.69) is 5.32 Å². The molecule has 37 heavy (non-hydrogen) atoms. The topological polar surface area (TPSA) is 203 Å². The number of benzene rings is 2. The molecule has 1 heterocycles. The van der Waals surface area contributed by atoms with Crippen LogP contribution in [0, 0.1) is 0 Å². The summed E-state index contributed by atoms with van der Waals surface area (Å²) in [4.78, 5) is 61.1. The maximum Gasteiger partial charge on any atom is 0.343 e. The van der Waals surface area contributed by atoms with Crippen LogP contribution < -0.4 is 20.5 Å². The van der Waals surface area contributed by atoms with E-state index in [1.54, 1.807) is 6.07 Å². The molecule has 1 atom stereocenters. The smallest absolute Gasteiger partial charge is 0.343 e. The molecule has 196 valence electrons. The Labute approximate surface area is 211 Å². The average Bonchev–Trinajstić information content (AvgIpc) is 2.83. The van der Waals surface area contributed by atoms with Crippen molar-refractivity contribution >= 4 is 35.5 Å². The fourth-order valence-electron chi connectivity index (χ4n) is 4.14. The van der Waals surface area contributed by atoms with Crippen LogP contribution in [-0.4, -0.2) is 58.8 Å². The van der Waals surface area contributed by atoms with Crippen LogP contribution in [0.25, 0.3) is 0 Å². The first kappa shape index (κ1) is 27.0. The Bertz CT molecular complexity index is 1270. The minimum Gasteiger partial charge on any atom is -0.489 e. The van der Waals surface area contributed by atoms with Crippen molar-refractivity contribution in [1.29, 1.82) is 0 Å². The summed E-state index contributed by atoms with van der Waals surface area (Å²) in [5, 5.41) is 30.8. The molecule has 0 fully saturated rings. The number of nitrogens with two attached hydrogens (primary N) is 1. The van der Waals surface area contributed by atoms with Crippen LogP contribution in [0.15, 0.2) is 24.3 Å². The lowest BCUT2D eigenvalue weighted by molar-refractivity contribution is -0.145. The summed E-state index contributed by atoms with van der Waals surface area (Å²) in [6.07, 6.45) is -0.722. The third-order valence-electron chi connectivity index (χ3n) is 5.84.